The average molecular weight is 546 g/mol. The van der Waals surface area contributed by atoms with Crippen LogP contribution < -0.4 is 9.70 Å². The molecule has 3 N–H and O–H groups in total. The van der Waals surface area contributed by atoms with Gasteiger partial charge in [-0.1, -0.05) is 52.9 Å². The van der Waals surface area contributed by atoms with Gasteiger partial charge in [0.05, 0.1) is 11.9 Å². The number of anilines is 1. The largest absolute Gasteiger partial charge is 0.453 e. The molecule has 0 bridgehead atoms. The molecule has 37 heavy (non-hydrogen) atoms. The Morgan fingerprint density at radius 1 is 1.19 bits per heavy atom. The number of nitrogens with zero attached hydrogens (tertiary/aromatic N) is 1. The Bertz CT molecular complexity index is 1310. The third-order valence-corrected chi connectivity index (χ3v) is 16.5. The molecule has 2 aliphatic carbocycles. The molecular formula is C28H43N3O4SSi. The van der Waals surface area contributed by atoms with Gasteiger partial charge in [0.2, 0.25) is 5.09 Å². The zero-order valence-corrected chi connectivity index (χ0v) is 25.3. The van der Waals surface area contributed by atoms with Crippen molar-refractivity contribution in [3.63, 3.8) is 0 Å². The summed E-state index contributed by atoms with van der Waals surface area (Å²) in [6.45, 7) is 15.9. The third-order valence-electron chi connectivity index (χ3n) is 8.40. The lowest BCUT2D eigenvalue weighted by Gasteiger charge is -2.37. The van der Waals surface area contributed by atoms with E-state index in [0.717, 1.165) is 30.5 Å². The highest BCUT2D eigenvalue weighted by molar-refractivity contribution is 7.93. The van der Waals surface area contributed by atoms with Gasteiger partial charge >= 0.3 is 6.03 Å². The van der Waals surface area contributed by atoms with Crippen molar-refractivity contribution < 1.29 is 18.5 Å². The molecule has 7 nitrogen and oxygen atoms in total. The predicted molar refractivity (Wildman–Crippen MR) is 152 cm³/mol. The summed E-state index contributed by atoms with van der Waals surface area (Å²) in [6.07, 6.45) is 6.79. The Labute approximate surface area is 223 Å². The fourth-order valence-corrected chi connectivity index (χ4v) is 10.1. The summed E-state index contributed by atoms with van der Waals surface area (Å²) in [5.74, 6) is 0.982. The molecule has 0 spiro atoms. The number of benzene rings is 1. The van der Waals surface area contributed by atoms with Crippen molar-refractivity contribution in [2.45, 2.75) is 108 Å². The van der Waals surface area contributed by atoms with Crippen LogP contribution in [0.5, 0.6) is 0 Å². The third kappa shape index (κ3) is 5.89. The molecule has 0 saturated heterocycles. The minimum atomic E-state index is -3.47. The number of nitrogens with one attached hydrogen (secondary N) is 2. The van der Waals surface area contributed by atoms with E-state index in [2.05, 4.69) is 67.0 Å². The number of carbonyl (C=O) groups is 1. The maximum Gasteiger partial charge on any atom is 0.354 e. The molecule has 0 radical (unpaired) electrons. The number of furan rings is 1. The van der Waals surface area contributed by atoms with Gasteiger partial charge in [-0.05, 0) is 79.5 Å². The molecule has 1 aromatic carbocycles. The molecule has 2 aromatic rings. The van der Waals surface area contributed by atoms with E-state index in [1.807, 2.05) is 0 Å². The molecule has 4 rings (SSSR count). The SMILES string of the molecule is CC(c1ccc2c(c1NC(=O)N=S(=O)(N[Si](C)(C)C(C)(C)C)c1cc(C(C)(C)O)co1)CCC2)C1CC1. The summed E-state index contributed by atoms with van der Waals surface area (Å²) in [7, 11) is -5.86. The number of hydrogen-bond acceptors (Lipinski definition) is 4. The highest BCUT2D eigenvalue weighted by Crippen LogP contribution is 2.46. The molecule has 2 unspecified atom stereocenters. The molecule has 1 aromatic heterocycles. The summed E-state index contributed by atoms with van der Waals surface area (Å²) in [6, 6.07) is 5.24. The molecule has 1 fully saturated rings. The highest BCUT2D eigenvalue weighted by Gasteiger charge is 2.40. The topological polar surface area (TPSA) is 104 Å². The lowest BCUT2D eigenvalue weighted by Crippen LogP contribution is -2.54. The summed E-state index contributed by atoms with van der Waals surface area (Å²) < 4.78 is 27.7. The number of hydrogen-bond donors (Lipinski definition) is 3. The first-order valence-corrected chi connectivity index (χ1v) is 17.9. The highest BCUT2D eigenvalue weighted by atomic mass is 32.2. The van der Waals surface area contributed by atoms with E-state index in [1.165, 1.54) is 30.2 Å². The first-order valence-electron chi connectivity index (χ1n) is 13.3. The monoisotopic (exact) mass is 545 g/mol. The van der Waals surface area contributed by atoms with Gasteiger partial charge < -0.3 is 14.8 Å². The van der Waals surface area contributed by atoms with E-state index in [1.54, 1.807) is 19.9 Å². The van der Waals surface area contributed by atoms with Crippen molar-refractivity contribution >= 4 is 29.9 Å². The maximum atomic E-state index is 14.5. The van der Waals surface area contributed by atoms with Crippen LogP contribution in [-0.2, 0) is 28.4 Å². The Morgan fingerprint density at radius 2 is 1.86 bits per heavy atom. The fraction of sp³-hybridized carbons (Fsp3) is 0.607. The van der Waals surface area contributed by atoms with Gasteiger partial charge in [-0.25, -0.2) is 13.4 Å². The minimum Gasteiger partial charge on any atom is -0.453 e. The van der Waals surface area contributed by atoms with E-state index < -0.39 is 29.8 Å². The zero-order valence-electron chi connectivity index (χ0n) is 23.5. The summed E-state index contributed by atoms with van der Waals surface area (Å²) >= 11 is 0. The predicted octanol–water partition coefficient (Wildman–Crippen LogP) is 7.08. The number of aliphatic hydroxyl groups is 1. The molecule has 1 saturated carbocycles. The summed E-state index contributed by atoms with van der Waals surface area (Å²) in [5, 5.41) is 13.4. The van der Waals surface area contributed by atoms with Crippen molar-refractivity contribution in [3.05, 3.63) is 46.7 Å². The Kier molecular flexibility index (Phi) is 7.33. The van der Waals surface area contributed by atoms with Crippen LogP contribution in [0.1, 0.15) is 89.0 Å². The Morgan fingerprint density at radius 3 is 2.43 bits per heavy atom. The minimum absolute atomic E-state index is 0.0504. The molecule has 2 aliphatic rings. The van der Waals surface area contributed by atoms with Crippen LogP contribution >= 0.6 is 0 Å². The van der Waals surface area contributed by atoms with E-state index in [-0.39, 0.29) is 10.1 Å². The molecule has 2 amide bonds. The van der Waals surface area contributed by atoms with Crippen molar-refractivity contribution in [3.8, 4) is 0 Å². The average Bonchev–Trinajstić information content (AvgIpc) is 3.27. The van der Waals surface area contributed by atoms with Crippen LogP contribution in [0.15, 0.2) is 38.3 Å². The maximum absolute atomic E-state index is 14.5. The molecule has 0 aliphatic heterocycles. The van der Waals surface area contributed by atoms with Gasteiger partial charge in [0, 0.05) is 17.3 Å². The second-order valence-corrected chi connectivity index (χ2v) is 20.1. The van der Waals surface area contributed by atoms with Crippen LogP contribution in [0, 0.1) is 5.92 Å². The van der Waals surface area contributed by atoms with Crippen LogP contribution in [0.4, 0.5) is 10.5 Å². The van der Waals surface area contributed by atoms with Gasteiger partial charge in [0.15, 0.2) is 9.92 Å². The normalized spacial score (nSPS) is 18.7. The first-order chi connectivity index (χ1) is 17.0. The number of fused-ring (bicyclic) bond motifs is 1. The van der Waals surface area contributed by atoms with E-state index in [4.69, 9.17) is 4.42 Å². The van der Waals surface area contributed by atoms with Gasteiger partial charge in [0.1, 0.15) is 8.24 Å². The second kappa shape index (κ2) is 9.66. The van der Waals surface area contributed by atoms with Gasteiger partial charge in [-0.3, -0.25) is 0 Å². The van der Waals surface area contributed by atoms with E-state index in [9.17, 15) is 14.1 Å². The van der Waals surface area contributed by atoms with Crippen LogP contribution in [0.2, 0.25) is 18.1 Å². The number of carbonyl (C=O) groups excluding carboxylic acids is 1. The standard InChI is InChI=1S/C28H43N3O4SSi/c1-18(19-12-13-19)22-15-14-20-10-9-11-23(20)25(22)29-26(32)30-36(34,31-37(7,8)27(2,3)4)24-16-21(17-35-24)28(5,6)33/h14-19,33H,9-13H2,1-8H3,(H2,29,30,31,32,34). The number of urea groups is 1. The molecule has 9 heteroatoms. The van der Waals surface area contributed by atoms with Crippen molar-refractivity contribution in [1.29, 1.82) is 0 Å². The van der Waals surface area contributed by atoms with Crippen LogP contribution in [0.25, 0.3) is 0 Å². The van der Waals surface area contributed by atoms with Gasteiger partial charge in [-0.2, -0.15) is 0 Å². The zero-order chi connectivity index (χ0) is 27.4. The van der Waals surface area contributed by atoms with Crippen molar-refractivity contribution in [1.82, 2.24) is 4.39 Å². The van der Waals surface area contributed by atoms with Crippen molar-refractivity contribution in [2.75, 3.05) is 5.32 Å². The quantitative estimate of drug-likeness (QED) is 0.323. The number of rotatable bonds is 7. The van der Waals surface area contributed by atoms with Crippen LogP contribution in [0.3, 0.4) is 0 Å². The van der Waals surface area contributed by atoms with Crippen LogP contribution in [-0.4, -0.2) is 23.6 Å². The van der Waals surface area contributed by atoms with Gasteiger partial charge in [-0.15, -0.1) is 4.36 Å². The first kappa shape index (κ1) is 28.1. The molecule has 1 heterocycles. The van der Waals surface area contributed by atoms with Crippen molar-refractivity contribution in [2.24, 2.45) is 10.3 Å². The Hall–Kier alpha value is -1.94. The number of amides is 2. The van der Waals surface area contributed by atoms with Gasteiger partial charge in [0.25, 0.3) is 0 Å². The molecule has 2 atom stereocenters. The lowest BCUT2D eigenvalue weighted by atomic mass is 9.91. The van der Waals surface area contributed by atoms with E-state index in [0.29, 0.717) is 17.4 Å². The molecule has 204 valence electrons. The summed E-state index contributed by atoms with van der Waals surface area (Å²) in [5.41, 5.74) is 3.72. The Balaban J connectivity index is 1.77. The fourth-order valence-electron chi connectivity index (χ4n) is 4.71. The number of aryl methyl sites for hydroxylation is 1. The lowest BCUT2D eigenvalue weighted by molar-refractivity contribution is 0.0779. The molecular weight excluding hydrogens is 502 g/mol. The summed E-state index contributed by atoms with van der Waals surface area (Å²) in [4.78, 5) is 13.5. The van der Waals surface area contributed by atoms with E-state index >= 15 is 0 Å². The smallest absolute Gasteiger partial charge is 0.354 e. The second-order valence-electron chi connectivity index (χ2n) is 12.9.